The van der Waals surface area contributed by atoms with E-state index >= 15 is 0 Å². The molecule has 21 heavy (non-hydrogen) atoms. The molecule has 1 aromatic heterocycles. The molecule has 1 heterocycles. The monoisotopic (exact) mass is 392 g/mol. The number of halogens is 2. The molecular weight excluding hydrogens is 378 g/mol. The third kappa shape index (κ3) is 3.15. The Morgan fingerprint density at radius 1 is 1.14 bits per heavy atom. The molecule has 3 aromatic rings. The van der Waals surface area contributed by atoms with Crippen molar-refractivity contribution in [3.63, 3.8) is 0 Å². The topological polar surface area (TPSA) is 24.9 Å². The van der Waals surface area contributed by atoms with Crippen LogP contribution in [0.15, 0.2) is 48.5 Å². The fourth-order valence-electron chi connectivity index (χ4n) is 2.36. The molecule has 2 aromatic carbocycles. The lowest BCUT2D eigenvalue weighted by molar-refractivity contribution is 0.627. The predicted octanol–water partition coefficient (Wildman–Crippen LogP) is 4.90. The van der Waals surface area contributed by atoms with Crippen molar-refractivity contribution in [3.8, 4) is 0 Å². The summed E-state index contributed by atoms with van der Waals surface area (Å²) in [4.78, 5) is 4.54. The lowest BCUT2D eigenvalue weighted by Gasteiger charge is -2.11. The Kier molecular flexibility index (Phi) is 4.05. The van der Waals surface area contributed by atoms with E-state index < -0.39 is 0 Å². The van der Waals surface area contributed by atoms with Gasteiger partial charge in [0.15, 0.2) is 0 Å². The summed E-state index contributed by atoms with van der Waals surface area (Å²) in [6.07, 6.45) is 0. The highest BCUT2D eigenvalue weighted by Gasteiger charge is 2.05. The van der Waals surface area contributed by atoms with Gasteiger partial charge in [-0.25, -0.2) is 4.39 Å². The summed E-state index contributed by atoms with van der Waals surface area (Å²) >= 11 is 2.14. The molecule has 0 bridgehead atoms. The lowest BCUT2D eigenvalue weighted by Crippen LogP contribution is -2.03. The van der Waals surface area contributed by atoms with Crippen molar-refractivity contribution in [3.05, 3.63) is 69.2 Å². The Morgan fingerprint density at radius 3 is 2.76 bits per heavy atom. The average Bonchev–Trinajstić information content (AvgIpc) is 2.46. The lowest BCUT2D eigenvalue weighted by atomic mass is 10.1. The molecule has 2 nitrogen and oxygen atoms in total. The third-order valence-corrected chi connectivity index (χ3v) is 4.22. The average molecular weight is 392 g/mol. The van der Waals surface area contributed by atoms with Crippen molar-refractivity contribution >= 4 is 39.2 Å². The molecule has 0 amide bonds. The van der Waals surface area contributed by atoms with E-state index in [0.29, 0.717) is 6.54 Å². The largest absolute Gasteiger partial charge is 0.380 e. The smallest absolute Gasteiger partial charge is 0.124 e. The summed E-state index contributed by atoms with van der Waals surface area (Å²) in [6, 6.07) is 15.0. The van der Waals surface area contributed by atoms with Gasteiger partial charge >= 0.3 is 0 Å². The van der Waals surface area contributed by atoms with E-state index in [1.54, 1.807) is 6.07 Å². The van der Waals surface area contributed by atoms with E-state index in [2.05, 4.69) is 45.0 Å². The number of aromatic nitrogens is 1. The molecule has 3 rings (SSSR count). The number of fused-ring (bicyclic) bond motifs is 1. The second-order valence-electron chi connectivity index (χ2n) is 4.92. The van der Waals surface area contributed by atoms with Gasteiger partial charge in [-0.3, -0.25) is 4.98 Å². The van der Waals surface area contributed by atoms with Gasteiger partial charge in [0, 0.05) is 26.9 Å². The van der Waals surface area contributed by atoms with Crippen molar-refractivity contribution in [2.24, 2.45) is 0 Å². The zero-order valence-corrected chi connectivity index (χ0v) is 13.7. The minimum Gasteiger partial charge on any atom is -0.380 e. The maximum absolute atomic E-state index is 13.1. The van der Waals surface area contributed by atoms with Gasteiger partial charge in [0.2, 0.25) is 0 Å². The SMILES string of the molecule is Cc1cc(CNc2ccc(F)cc2I)c2ccccc2n1. The summed E-state index contributed by atoms with van der Waals surface area (Å²) in [5.74, 6) is -0.213. The number of hydrogen-bond acceptors (Lipinski definition) is 2. The number of nitrogens with zero attached hydrogens (tertiary/aromatic N) is 1. The van der Waals surface area contributed by atoms with Crippen LogP contribution in [0.25, 0.3) is 10.9 Å². The number of para-hydroxylation sites is 1. The summed E-state index contributed by atoms with van der Waals surface area (Å²) in [5, 5.41) is 4.52. The van der Waals surface area contributed by atoms with E-state index in [1.165, 1.54) is 17.7 Å². The van der Waals surface area contributed by atoms with E-state index in [9.17, 15) is 4.39 Å². The maximum Gasteiger partial charge on any atom is 0.124 e. The zero-order valence-electron chi connectivity index (χ0n) is 11.5. The minimum absolute atomic E-state index is 0.213. The molecule has 0 spiro atoms. The van der Waals surface area contributed by atoms with E-state index in [4.69, 9.17) is 0 Å². The van der Waals surface area contributed by atoms with Gasteiger partial charge < -0.3 is 5.32 Å². The number of benzene rings is 2. The van der Waals surface area contributed by atoms with Crippen LogP contribution in [0.2, 0.25) is 0 Å². The van der Waals surface area contributed by atoms with Crippen LogP contribution in [0.1, 0.15) is 11.3 Å². The van der Waals surface area contributed by atoms with Crippen LogP contribution in [0, 0.1) is 16.3 Å². The van der Waals surface area contributed by atoms with Crippen molar-refractivity contribution in [1.29, 1.82) is 0 Å². The number of nitrogens with one attached hydrogen (secondary N) is 1. The van der Waals surface area contributed by atoms with Crippen LogP contribution in [0.5, 0.6) is 0 Å². The quantitative estimate of drug-likeness (QED) is 0.642. The van der Waals surface area contributed by atoms with Gasteiger partial charge in [-0.2, -0.15) is 0 Å². The van der Waals surface area contributed by atoms with E-state index in [0.717, 1.165) is 25.9 Å². The molecular formula is C17H14FIN2. The molecule has 4 heteroatoms. The van der Waals surface area contributed by atoms with Gasteiger partial charge in [0.25, 0.3) is 0 Å². The molecule has 0 radical (unpaired) electrons. The van der Waals surface area contributed by atoms with Crippen molar-refractivity contribution in [2.75, 3.05) is 5.32 Å². The summed E-state index contributed by atoms with van der Waals surface area (Å²) in [5.41, 5.74) is 4.14. The minimum atomic E-state index is -0.213. The van der Waals surface area contributed by atoms with Crippen LogP contribution in [-0.2, 0) is 6.54 Å². The Hall–Kier alpha value is -1.69. The fourth-order valence-corrected chi connectivity index (χ4v) is 3.03. The maximum atomic E-state index is 13.1. The second kappa shape index (κ2) is 5.97. The highest BCUT2D eigenvalue weighted by molar-refractivity contribution is 14.1. The number of anilines is 1. The molecule has 0 fully saturated rings. The molecule has 1 N–H and O–H groups in total. The van der Waals surface area contributed by atoms with Crippen molar-refractivity contribution in [2.45, 2.75) is 13.5 Å². The summed E-state index contributed by atoms with van der Waals surface area (Å²) in [7, 11) is 0. The molecule has 0 aliphatic carbocycles. The molecule has 0 atom stereocenters. The standard InChI is InChI=1S/C17H14FIN2/c1-11-8-12(14-4-2-3-5-16(14)21-11)10-20-17-7-6-13(18)9-15(17)19/h2-9,20H,10H2,1H3. The Morgan fingerprint density at radius 2 is 1.95 bits per heavy atom. The third-order valence-electron chi connectivity index (χ3n) is 3.33. The molecule has 106 valence electrons. The molecule has 0 saturated carbocycles. The first-order chi connectivity index (χ1) is 10.1. The first-order valence-electron chi connectivity index (χ1n) is 6.68. The van der Waals surface area contributed by atoms with Crippen LogP contribution in [0.3, 0.4) is 0 Å². The van der Waals surface area contributed by atoms with Gasteiger partial charge in [-0.1, -0.05) is 18.2 Å². The highest BCUT2D eigenvalue weighted by Crippen LogP contribution is 2.22. The molecule has 0 unspecified atom stereocenters. The van der Waals surface area contributed by atoms with Crippen LogP contribution in [0.4, 0.5) is 10.1 Å². The van der Waals surface area contributed by atoms with Gasteiger partial charge in [-0.05, 0) is 65.4 Å². The number of aryl methyl sites for hydroxylation is 1. The second-order valence-corrected chi connectivity index (χ2v) is 6.08. The number of hydrogen-bond donors (Lipinski definition) is 1. The molecule has 0 aliphatic heterocycles. The first kappa shape index (κ1) is 14.3. The number of rotatable bonds is 3. The Bertz CT molecular complexity index is 802. The first-order valence-corrected chi connectivity index (χ1v) is 7.75. The van der Waals surface area contributed by atoms with E-state index in [-0.39, 0.29) is 5.82 Å². The summed E-state index contributed by atoms with van der Waals surface area (Å²) < 4.78 is 14.0. The highest BCUT2D eigenvalue weighted by atomic mass is 127. The normalized spacial score (nSPS) is 10.8. The van der Waals surface area contributed by atoms with Crippen molar-refractivity contribution in [1.82, 2.24) is 4.98 Å². The van der Waals surface area contributed by atoms with Gasteiger partial charge in [0.1, 0.15) is 5.82 Å². The van der Waals surface area contributed by atoms with Crippen LogP contribution < -0.4 is 5.32 Å². The van der Waals surface area contributed by atoms with Crippen LogP contribution in [-0.4, -0.2) is 4.98 Å². The summed E-state index contributed by atoms with van der Waals surface area (Å²) in [6.45, 7) is 2.68. The van der Waals surface area contributed by atoms with E-state index in [1.807, 2.05) is 25.1 Å². The van der Waals surface area contributed by atoms with Crippen LogP contribution >= 0.6 is 22.6 Å². The van der Waals surface area contributed by atoms with Gasteiger partial charge in [-0.15, -0.1) is 0 Å². The van der Waals surface area contributed by atoms with Gasteiger partial charge in [0.05, 0.1) is 5.52 Å². The Balaban J connectivity index is 1.91. The van der Waals surface area contributed by atoms with Crippen molar-refractivity contribution < 1.29 is 4.39 Å². The molecule has 0 saturated heterocycles. The predicted molar refractivity (Wildman–Crippen MR) is 92.9 cm³/mol. The Labute approximate surface area is 136 Å². The number of pyridine rings is 1. The fraction of sp³-hybridized carbons (Fsp3) is 0.118. The molecule has 0 aliphatic rings. The zero-order chi connectivity index (χ0) is 14.8.